The number of halogens is 1. The molecule has 0 aliphatic rings. The molecular formula is C12H15BrN4. The fourth-order valence-corrected chi connectivity index (χ4v) is 1.85. The molecule has 2 aromatic heterocycles. The summed E-state index contributed by atoms with van der Waals surface area (Å²) in [6, 6.07) is 2.07. The predicted molar refractivity (Wildman–Crippen MR) is 71.9 cm³/mol. The Bertz CT molecular complexity index is 507. The Morgan fingerprint density at radius 1 is 1.41 bits per heavy atom. The number of aryl methyl sites for hydroxylation is 2. The highest BCUT2D eigenvalue weighted by molar-refractivity contribution is 9.10. The average molecular weight is 295 g/mol. The fourth-order valence-electron chi connectivity index (χ4n) is 1.63. The van der Waals surface area contributed by atoms with Crippen molar-refractivity contribution in [1.29, 1.82) is 0 Å². The van der Waals surface area contributed by atoms with Gasteiger partial charge in [0.15, 0.2) is 0 Å². The van der Waals surface area contributed by atoms with Gasteiger partial charge in [-0.25, -0.2) is 9.97 Å². The molecule has 0 aliphatic heterocycles. The Kier molecular flexibility index (Phi) is 3.78. The number of aromatic nitrogens is 3. The minimum atomic E-state index is 0.712. The molecule has 0 spiro atoms. The van der Waals surface area contributed by atoms with Gasteiger partial charge in [0, 0.05) is 18.9 Å². The van der Waals surface area contributed by atoms with Crippen molar-refractivity contribution >= 4 is 21.6 Å². The maximum Gasteiger partial charge on any atom is 0.128 e. The zero-order valence-corrected chi connectivity index (χ0v) is 11.5. The second-order valence-corrected chi connectivity index (χ2v) is 4.57. The lowest BCUT2D eigenvalue weighted by Gasteiger charge is -2.08. The molecule has 0 aliphatic carbocycles. The van der Waals surface area contributed by atoms with Crippen LogP contribution in [0.15, 0.2) is 29.3 Å². The van der Waals surface area contributed by atoms with Gasteiger partial charge in [-0.1, -0.05) is 0 Å². The van der Waals surface area contributed by atoms with Crippen LogP contribution in [0.1, 0.15) is 18.3 Å². The smallest absolute Gasteiger partial charge is 0.128 e. The van der Waals surface area contributed by atoms with E-state index < -0.39 is 0 Å². The van der Waals surface area contributed by atoms with E-state index in [4.69, 9.17) is 0 Å². The summed E-state index contributed by atoms with van der Waals surface area (Å²) in [7, 11) is 0. The van der Waals surface area contributed by atoms with E-state index in [1.165, 1.54) is 0 Å². The largest absolute Gasteiger partial charge is 0.377 e. The third kappa shape index (κ3) is 2.85. The first-order valence-corrected chi connectivity index (χ1v) is 6.36. The molecule has 0 aromatic carbocycles. The van der Waals surface area contributed by atoms with E-state index in [0.717, 1.165) is 28.2 Å². The average Bonchev–Trinajstić information content (AvgIpc) is 2.78. The molecule has 2 heterocycles. The summed E-state index contributed by atoms with van der Waals surface area (Å²) in [5, 5.41) is 3.32. The summed E-state index contributed by atoms with van der Waals surface area (Å²) in [6.45, 7) is 5.78. The molecule has 5 heteroatoms. The van der Waals surface area contributed by atoms with Gasteiger partial charge in [0.05, 0.1) is 18.4 Å². The van der Waals surface area contributed by atoms with Gasteiger partial charge in [0.1, 0.15) is 10.4 Å². The van der Waals surface area contributed by atoms with Gasteiger partial charge < -0.3 is 9.88 Å². The van der Waals surface area contributed by atoms with Crippen LogP contribution in [-0.2, 0) is 13.1 Å². The highest BCUT2D eigenvalue weighted by Gasteiger charge is 2.02. The van der Waals surface area contributed by atoms with Gasteiger partial charge in [-0.2, -0.15) is 0 Å². The molecule has 0 unspecified atom stereocenters. The highest BCUT2D eigenvalue weighted by Crippen LogP contribution is 2.17. The molecule has 4 nitrogen and oxygen atoms in total. The SMILES string of the molecule is CCn1ccnc1CNc1cnc(Br)c(C)c1. The van der Waals surface area contributed by atoms with Crippen molar-refractivity contribution in [3.8, 4) is 0 Å². The molecule has 0 fully saturated rings. The molecule has 2 aromatic rings. The van der Waals surface area contributed by atoms with Gasteiger partial charge >= 0.3 is 0 Å². The Balaban J connectivity index is 2.05. The first-order chi connectivity index (χ1) is 8.20. The normalized spacial score (nSPS) is 10.5. The molecule has 0 radical (unpaired) electrons. The molecule has 17 heavy (non-hydrogen) atoms. The van der Waals surface area contributed by atoms with Crippen LogP contribution in [0.3, 0.4) is 0 Å². The molecule has 0 amide bonds. The van der Waals surface area contributed by atoms with E-state index >= 15 is 0 Å². The number of nitrogens with zero attached hydrogens (tertiary/aromatic N) is 3. The summed E-state index contributed by atoms with van der Waals surface area (Å²) in [5.41, 5.74) is 2.13. The summed E-state index contributed by atoms with van der Waals surface area (Å²) in [4.78, 5) is 8.56. The maximum absolute atomic E-state index is 4.31. The number of hydrogen-bond donors (Lipinski definition) is 1. The standard InChI is InChI=1S/C12H15BrN4/c1-3-17-5-4-14-11(17)8-15-10-6-9(2)12(13)16-7-10/h4-7,15H,3,8H2,1-2H3. The lowest BCUT2D eigenvalue weighted by atomic mass is 10.3. The highest BCUT2D eigenvalue weighted by atomic mass is 79.9. The fraction of sp³-hybridized carbons (Fsp3) is 0.333. The van der Waals surface area contributed by atoms with Crippen LogP contribution >= 0.6 is 15.9 Å². The Morgan fingerprint density at radius 2 is 2.24 bits per heavy atom. The minimum absolute atomic E-state index is 0.712. The van der Waals surface area contributed by atoms with Gasteiger partial charge in [0.25, 0.3) is 0 Å². The molecule has 90 valence electrons. The second-order valence-electron chi connectivity index (χ2n) is 3.81. The number of rotatable bonds is 4. The van der Waals surface area contributed by atoms with Crippen molar-refractivity contribution in [2.45, 2.75) is 26.9 Å². The van der Waals surface area contributed by atoms with Crippen molar-refractivity contribution in [1.82, 2.24) is 14.5 Å². The molecule has 0 saturated heterocycles. The van der Waals surface area contributed by atoms with Crippen LogP contribution in [0, 0.1) is 6.92 Å². The second kappa shape index (κ2) is 5.31. The number of hydrogen-bond acceptors (Lipinski definition) is 3. The van der Waals surface area contributed by atoms with E-state index in [2.05, 4.69) is 48.8 Å². The molecule has 1 N–H and O–H groups in total. The van der Waals surface area contributed by atoms with Crippen LogP contribution < -0.4 is 5.32 Å². The van der Waals surface area contributed by atoms with Crippen molar-refractivity contribution in [3.05, 3.63) is 40.6 Å². The van der Waals surface area contributed by atoms with Gasteiger partial charge in [-0.3, -0.25) is 0 Å². The van der Waals surface area contributed by atoms with Crippen LogP contribution in [0.5, 0.6) is 0 Å². The quantitative estimate of drug-likeness (QED) is 0.882. The zero-order chi connectivity index (χ0) is 12.3. The van der Waals surface area contributed by atoms with E-state index in [1.807, 2.05) is 25.5 Å². The number of pyridine rings is 1. The number of anilines is 1. The van der Waals surface area contributed by atoms with Crippen LogP contribution in [0.4, 0.5) is 5.69 Å². The Hall–Kier alpha value is -1.36. The first-order valence-electron chi connectivity index (χ1n) is 5.56. The first kappa shape index (κ1) is 12.1. The summed E-state index contributed by atoms with van der Waals surface area (Å²) >= 11 is 3.39. The lowest BCUT2D eigenvalue weighted by Crippen LogP contribution is -2.07. The zero-order valence-electron chi connectivity index (χ0n) is 9.94. The van der Waals surface area contributed by atoms with Crippen molar-refractivity contribution < 1.29 is 0 Å². The summed E-state index contributed by atoms with van der Waals surface area (Å²) in [6.07, 6.45) is 5.63. The van der Waals surface area contributed by atoms with E-state index in [9.17, 15) is 0 Å². The van der Waals surface area contributed by atoms with Crippen molar-refractivity contribution in [3.63, 3.8) is 0 Å². The predicted octanol–water partition coefficient (Wildman–Crippen LogP) is 2.98. The van der Waals surface area contributed by atoms with Gasteiger partial charge in [-0.15, -0.1) is 0 Å². The molecule has 0 bridgehead atoms. The van der Waals surface area contributed by atoms with E-state index in [-0.39, 0.29) is 0 Å². The molecule has 2 rings (SSSR count). The van der Waals surface area contributed by atoms with Gasteiger partial charge in [-0.05, 0) is 41.4 Å². The summed E-state index contributed by atoms with van der Waals surface area (Å²) < 4.78 is 3.00. The topological polar surface area (TPSA) is 42.7 Å². The van der Waals surface area contributed by atoms with Gasteiger partial charge in [0.2, 0.25) is 0 Å². The third-order valence-electron chi connectivity index (χ3n) is 2.61. The monoisotopic (exact) mass is 294 g/mol. The third-order valence-corrected chi connectivity index (χ3v) is 3.44. The van der Waals surface area contributed by atoms with Crippen molar-refractivity contribution in [2.75, 3.05) is 5.32 Å². The summed E-state index contributed by atoms with van der Waals surface area (Å²) in [5.74, 6) is 1.04. The van der Waals surface area contributed by atoms with Crippen LogP contribution in [-0.4, -0.2) is 14.5 Å². The molecule has 0 saturated carbocycles. The number of nitrogens with one attached hydrogen (secondary N) is 1. The number of imidazole rings is 1. The molecular weight excluding hydrogens is 280 g/mol. The van der Waals surface area contributed by atoms with Crippen LogP contribution in [0.2, 0.25) is 0 Å². The van der Waals surface area contributed by atoms with E-state index in [0.29, 0.717) is 6.54 Å². The minimum Gasteiger partial charge on any atom is -0.377 e. The Labute approximate surface area is 109 Å². The Morgan fingerprint density at radius 3 is 2.94 bits per heavy atom. The molecule has 0 atom stereocenters. The maximum atomic E-state index is 4.31. The van der Waals surface area contributed by atoms with Crippen molar-refractivity contribution in [2.24, 2.45) is 0 Å². The van der Waals surface area contributed by atoms with E-state index in [1.54, 1.807) is 0 Å². The lowest BCUT2D eigenvalue weighted by molar-refractivity contribution is 0.708. The van der Waals surface area contributed by atoms with Crippen LogP contribution in [0.25, 0.3) is 0 Å².